The Bertz CT molecular complexity index is 907. The molecule has 4 aromatic rings. The molecule has 0 amide bonds. The SMILES string of the molecule is Cn1c2ccccc2c2cnc(-c3ccccc3)nc21. The summed E-state index contributed by atoms with van der Waals surface area (Å²) >= 11 is 0. The average molecular weight is 259 g/mol. The van der Waals surface area contributed by atoms with E-state index < -0.39 is 0 Å². The summed E-state index contributed by atoms with van der Waals surface area (Å²) in [5.74, 6) is 0.768. The highest BCUT2D eigenvalue weighted by Crippen LogP contribution is 2.27. The zero-order valence-corrected chi connectivity index (χ0v) is 11.1. The van der Waals surface area contributed by atoms with Crippen molar-refractivity contribution in [1.29, 1.82) is 0 Å². The molecule has 0 bridgehead atoms. The molecule has 3 nitrogen and oxygen atoms in total. The van der Waals surface area contributed by atoms with Crippen molar-refractivity contribution >= 4 is 21.9 Å². The molecule has 0 radical (unpaired) electrons. The first-order valence-corrected chi connectivity index (χ1v) is 6.60. The van der Waals surface area contributed by atoms with Crippen LogP contribution in [-0.2, 0) is 7.05 Å². The van der Waals surface area contributed by atoms with Crippen LogP contribution in [0, 0.1) is 0 Å². The fourth-order valence-corrected chi connectivity index (χ4v) is 2.65. The maximum atomic E-state index is 4.73. The summed E-state index contributed by atoms with van der Waals surface area (Å²) in [6.07, 6.45) is 1.92. The molecule has 0 spiro atoms. The first-order valence-electron chi connectivity index (χ1n) is 6.60. The summed E-state index contributed by atoms with van der Waals surface area (Å²) in [6.45, 7) is 0. The van der Waals surface area contributed by atoms with Crippen molar-refractivity contribution in [3.8, 4) is 11.4 Å². The second-order valence-corrected chi connectivity index (χ2v) is 4.87. The molecule has 2 aromatic heterocycles. The molecule has 0 aliphatic heterocycles. The van der Waals surface area contributed by atoms with Crippen molar-refractivity contribution in [2.24, 2.45) is 7.05 Å². The third kappa shape index (κ3) is 1.53. The van der Waals surface area contributed by atoms with Crippen molar-refractivity contribution in [2.45, 2.75) is 0 Å². The fourth-order valence-electron chi connectivity index (χ4n) is 2.65. The molecule has 96 valence electrons. The van der Waals surface area contributed by atoms with Gasteiger partial charge in [0.15, 0.2) is 5.82 Å². The van der Waals surface area contributed by atoms with E-state index in [1.54, 1.807) is 0 Å². The Morgan fingerprint density at radius 3 is 2.45 bits per heavy atom. The largest absolute Gasteiger partial charge is 0.328 e. The minimum absolute atomic E-state index is 0.768. The van der Waals surface area contributed by atoms with Crippen LogP contribution >= 0.6 is 0 Å². The Morgan fingerprint density at radius 2 is 1.60 bits per heavy atom. The predicted molar refractivity (Wildman–Crippen MR) is 81.5 cm³/mol. The molecule has 0 atom stereocenters. The lowest BCUT2D eigenvalue weighted by atomic mass is 10.2. The molecule has 0 aliphatic rings. The third-order valence-electron chi connectivity index (χ3n) is 3.67. The van der Waals surface area contributed by atoms with Gasteiger partial charge in [0, 0.05) is 29.6 Å². The number of aryl methyl sites for hydroxylation is 1. The number of hydrogen-bond donors (Lipinski definition) is 0. The second-order valence-electron chi connectivity index (χ2n) is 4.87. The van der Waals surface area contributed by atoms with Crippen LogP contribution in [0.5, 0.6) is 0 Å². The van der Waals surface area contributed by atoms with Gasteiger partial charge in [-0.3, -0.25) is 0 Å². The van der Waals surface area contributed by atoms with Crippen LogP contribution in [0.25, 0.3) is 33.3 Å². The maximum absolute atomic E-state index is 4.73. The molecular formula is C17H13N3. The van der Waals surface area contributed by atoms with Gasteiger partial charge in [-0.2, -0.15) is 0 Å². The molecule has 0 fully saturated rings. The Labute approximate surface area is 116 Å². The van der Waals surface area contributed by atoms with Crippen LogP contribution in [0.15, 0.2) is 60.8 Å². The number of hydrogen-bond acceptors (Lipinski definition) is 2. The van der Waals surface area contributed by atoms with E-state index in [1.165, 1.54) is 10.9 Å². The van der Waals surface area contributed by atoms with Gasteiger partial charge in [0.2, 0.25) is 0 Å². The lowest BCUT2D eigenvalue weighted by Crippen LogP contribution is -1.93. The highest BCUT2D eigenvalue weighted by atomic mass is 15.0. The monoisotopic (exact) mass is 259 g/mol. The summed E-state index contributed by atoms with van der Waals surface area (Å²) in [7, 11) is 2.05. The van der Waals surface area contributed by atoms with Crippen LogP contribution in [0.3, 0.4) is 0 Å². The van der Waals surface area contributed by atoms with E-state index >= 15 is 0 Å². The highest BCUT2D eigenvalue weighted by Gasteiger charge is 2.10. The Kier molecular flexibility index (Phi) is 2.33. The summed E-state index contributed by atoms with van der Waals surface area (Å²) < 4.78 is 2.12. The van der Waals surface area contributed by atoms with Gasteiger partial charge >= 0.3 is 0 Å². The van der Waals surface area contributed by atoms with Gasteiger partial charge in [0.25, 0.3) is 0 Å². The van der Waals surface area contributed by atoms with Crippen LogP contribution in [0.2, 0.25) is 0 Å². The number of nitrogens with zero attached hydrogens (tertiary/aromatic N) is 3. The number of rotatable bonds is 1. The fraction of sp³-hybridized carbons (Fsp3) is 0.0588. The molecule has 0 aliphatic carbocycles. The van der Waals surface area contributed by atoms with Gasteiger partial charge in [0.05, 0.1) is 5.52 Å². The van der Waals surface area contributed by atoms with E-state index in [0.717, 1.165) is 22.4 Å². The number of aromatic nitrogens is 3. The standard InChI is InChI=1S/C17H13N3/c1-20-15-10-6-5-9-13(15)14-11-18-16(19-17(14)20)12-7-3-2-4-8-12/h2-11H,1H3. The first-order chi connectivity index (χ1) is 9.84. The molecule has 0 saturated heterocycles. The second kappa shape index (κ2) is 4.17. The molecule has 3 heteroatoms. The summed E-state index contributed by atoms with van der Waals surface area (Å²) in [5.41, 5.74) is 3.20. The van der Waals surface area contributed by atoms with Crippen LogP contribution in [0.4, 0.5) is 0 Å². The quantitative estimate of drug-likeness (QED) is 0.520. The molecule has 0 saturated carbocycles. The van der Waals surface area contributed by atoms with Gasteiger partial charge in [-0.25, -0.2) is 9.97 Å². The van der Waals surface area contributed by atoms with Crippen LogP contribution in [-0.4, -0.2) is 14.5 Å². The summed E-state index contributed by atoms with van der Waals surface area (Å²) in [5, 5.41) is 2.30. The lowest BCUT2D eigenvalue weighted by molar-refractivity contribution is 0.984. The Hall–Kier alpha value is -2.68. The van der Waals surface area contributed by atoms with Gasteiger partial charge in [-0.1, -0.05) is 48.5 Å². The number of benzene rings is 2. The van der Waals surface area contributed by atoms with E-state index in [0.29, 0.717) is 0 Å². The molecule has 4 rings (SSSR count). The van der Waals surface area contributed by atoms with Crippen molar-refractivity contribution in [1.82, 2.24) is 14.5 Å². The van der Waals surface area contributed by atoms with Gasteiger partial charge in [0.1, 0.15) is 5.65 Å². The zero-order valence-electron chi connectivity index (χ0n) is 11.1. The van der Waals surface area contributed by atoms with Crippen molar-refractivity contribution in [3.05, 3.63) is 60.8 Å². The average Bonchev–Trinajstić information content (AvgIpc) is 2.81. The normalized spacial score (nSPS) is 11.2. The van der Waals surface area contributed by atoms with E-state index in [1.807, 2.05) is 55.7 Å². The smallest absolute Gasteiger partial charge is 0.161 e. The Balaban J connectivity index is 2.05. The molecule has 0 N–H and O–H groups in total. The summed E-state index contributed by atoms with van der Waals surface area (Å²) in [6, 6.07) is 18.4. The van der Waals surface area contributed by atoms with Gasteiger partial charge in [-0.15, -0.1) is 0 Å². The Morgan fingerprint density at radius 1 is 0.850 bits per heavy atom. The van der Waals surface area contributed by atoms with Crippen LogP contribution in [0.1, 0.15) is 0 Å². The minimum Gasteiger partial charge on any atom is -0.328 e. The molecular weight excluding hydrogens is 246 g/mol. The lowest BCUT2D eigenvalue weighted by Gasteiger charge is -2.01. The minimum atomic E-state index is 0.768. The number of fused-ring (bicyclic) bond motifs is 3. The van der Waals surface area contributed by atoms with E-state index in [2.05, 4.69) is 21.7 Å². The van der Waals surface area contributed by atoms with Crippen molar-refractivity contribution < 1.29 is 0 Å². The van der Waals surface area contributed by atoms with Gasteiger partial charge in [-0.05, 0) is 6.07 Å². The number of para-hydroxylation sites is 1. The predicted octanol–water partition coefficient (Wildman–Crippen LogP) is 3.79. The van der Waals surface area contributed by atoms with Gasteiger partial charge < -0.3 is 4.57 Å². The van der Waals surface area contributed by atoms with Crippen molar-refractivity contribution in [3.63, 3.8) is 0 Å². The summed E-state index contributed by atoms with van der Waals surface area (Å²) in [4.78, 5) is 9.25. The van der Waals surface area contributed by atoms with E-state index in [4.69, 9.17) is 4.98 Å². The molecule has 2 heterocycles. The topological polar surface area (TPSA) is 30.7 Å². The van der Waals surface area contributed by atoms with E-state index in [-0.39, 0.29) is 0 Å². The molecule has 2 aromatic carbocycles. The maximum Gasteiger partial charge on any atom is 0.161 e. The zero-order chi connectivity index (χ0) is 13.5. The highest BCUT2D eigenvalue weighted by molar-refractivity contribution is 6.06. The van der Waals surface area contributed by atoms with E-state index in [9.17, 15) is 0 Å². The first kappa shape index (κ1) is 11.2. The van der Waals surface area contributed by atoms with Crippen molar-refractivity contribution in [2.75, 3.05) is 0 Å². The molecule has 20 heavy (non-hydrogen) atoms. The van der Waals surface area contributed by atoms with Crippen LogP contribution < -0.4 is 0 Å². The third-order valence-corrected chi connectivity index (χ3v) is 3.67. The molecule has 0 unspecified atom stereocenters.